The first-order chi connectivity index (χ1) is 10.1. The molecule has 1 saturated heterocycles. The van der Waals surface area contributed by atoms with Gasteiger partial charge in [0, 0.05) is 44.1 Å². The average Bonchev–Trinajstić information content (AvgIpc) is 3.09. The van der Waals surface area contributed by atoms with Gasteiger partial charge in [0.05, 0.1) is 29.2 Å². The summed E-state index contributed by atoms with van der Waals surface area (Å²) < 4.78 is 7.68. The second-order valence-corrected chi connectivity index (χ2v) is 5.87. The van der Waals surface area contributed by atoms with Gasteiger partial charge >= 0.3 is 0 Å². The van der Waals surface area contributed by atoms with E-state index in [1.54, 1.807) is 6.20 Å². The summed E-state index contributed by atoms with van der Waals surface area (Å²) in [6.45, 7) is 3.62. The van der Waals surface area contributed by atoms with Gasteiger partial charge in [-0.05, 0) is 18.9 Å². The molecule has 1 aliphatic rings. The van der Waals surface area contributed by atoms with Crippen LogP contribution in [0.1, 0.15) is 23.7 Å². The number of anilines is 1. The van der Waals surface area contributed by atoms with E-state index >= 15 is 0 Å². The molecule has 0 radical (unpaired) electrons. The molecule has 2 aromatic heterocycles. The van der Waals surface area contributed by atoms with Crippen LogP contribution in [0.4, 0.5) is 5.69 Å². The van der Waals surface area contributed by atoms with Crippen LogP contribution in [0.3, 0.4) is 0 Å². The average molecular weight is 307 g/mol. The van der Waals surface area contributed by atoms with E-state index in [1.807, 2.05) is 37.2 Å². The molecule has 0 bridgehead atoms. The van der Waals surface area contributed by atoms with Crippen LogP contribution in [0, 0.1) is 12.8 Å². The Kier molecular flexibility index (Phi) is 4.12. The molecule has 112 valence electrons. The Balaban J connectivity index is 1.68. The van der Waals surface area contributed by atoms with Gasteiger partial charge in [0.15, 0.2) is 0 Å². The third kappa shape index (κ3) is 3.04. The van der Waals surface area contributed by atoms with Crippen molar-refractivity contribution in [2.45, 2.75) is 19.4 Å². The lowest BCUT2D eigenvalue weighted by molar-refractivity contribution is 0.0932. The molecule has 0 aliphatic carbocycles. The number of hydrogen-bond donors (Lipinski definition) is 1. The van der Waals surface area contributed by atoms with Gasteiger partial charge in [-0.1, -0.05) is 11.6 Å². The van der Waals surface area contributed by atoms with Gasteiger partial charge < -0.3 is 10.1 Å². The van der Waals surface area contributed by atoms with Crippen LogP contribution in [-0.2, 0) is 11.8 Å². The summed E-state index contributed by atoms with van der Waals surface area (Å²) >= 11 is 6.10. The van der Waals surface area contributed by atoms with E-state index < -0.39 is 0 Å². The summed E-state index contributed by atoms with van der Waals surface area (Å²) in [4.78, 5) is 4.13. The topological polar surface area (TPSA) is 52.0 Å². The quantitative estimate of drug-likeness (QED) is 0.943. The number of halogens is 1. The van der Waals surface area contributed by atoms with E-state index in [-0.39, 0.29) is 6.10 Å². The fourth-order valence-corrected chi connectivity index (χ4v) is 2.88. The number of hydrogen-bond acceptors (Lipinski definition) is 4. The highest BCUT2D eigenvalue weighted by molar-refractivity contribution is 6.31. The largest absolute Gasteiger partial charge is 0.383 e. The van der Waals surface area contributed by atoms with E-state index in [2.05, 4.69) is 15.4 Å². The first-order valence-electron chi connectivity index (χ1n) is 7.09. The highest BCUT2D eigenvalue weighted by atomic mass is 35.5. The minimum atomic E-state index is 0.110. The number of rotatable bonds is 4. The summed E-state index contributed by atoms with van der Waals surface area (Å²) in [6.07, 6.45) is 8.54. The Morgan fingerprint density at radius 2 is 2.29 bits per heavy atom. The first kappa shape index (κ1) is 14.4. The van der Waals surface area contributed by atoms with Crippen LogP contribution < -0.4 is 5.32 Å². The van der Waals surface area contributed by atoms with Crippen molar-refractivity contribution in [3.8, 4) is 0 Å². The monoisotopic (exact) mass is 306 g/mol. The highest BCUT2D eigenvalue weighted by Gasteiger charge is 2.30. The van der Waals surface area contributed by atoms with E-state index in [0.29, 0.717) is 10.9 Å². The van der Waals surface area contributed by atoms with Crippen molar-refractivity contribution >= 4 is 17.3 Å². The molecule has 3 rings (SSSR count). The van der Waals surface area contributed by atoms with Gasteiger partial charge in [-0.25, -0.2) is 0 Å². The van der Waals surface area contributed by atoms with Gasteiger partial charge in [0.25, 0.3) is 0 Å². The predicted molar refractivity (Wildman–Crippen MR) is 82.5 cm³/mol. The lowest BCUT2D eigenvalue weighted by atomic mass is 9.97. The van der Waals surface area contributed by atoms with E-state index in [9.17, 15) is 0 Å². The Hall–Kier alpha value is -1.59. The molecular formula is C15H19ClN4O. The summed E-state index contributed by atoms with van der Waals surface area (Å²) in [5.41, 5.74) is 3.16. The Morgan fingerprint density at radius 3 is 3.05 bits per heavy atom. The standard InChI is InChI=1S/C15H19ClN4O/c1-10-13(16)7-17-8-14(10)18-5-11-3-4-21-15(11)12-6-19-20(2)9-12/h6-9,11,15,18H,3-5H2,1-2H3/t11-,15+/m1/s1. The zero-order valence-electron chi connectivity index (χ0n) is 12.2. The van der Waals surface area contributed by atoms with Gasteiger partial charge in [0.2, 0.25) is 0 Å². The number of pyridine rings is 1. The molecule has 6 heteroatoms. The van der Waals surface area contributed by atoms with Crippen molar-refractivity contribution in [2.75, 3.05) is 18.5 Å². The van der Waals surface area contributed by atoms with Gasteiger partial charge in [0.1, 0.15) is 0 Å². The van der Waals surface area contributed by atoms with Crippen LogP contribution in [-0.4, -0.2) is 27.9 Å². The maximum absolute atomic E-state index is 6.10. The van der Waals surface area contributed by atoms with Gasteiger partial charge in [-0.15, -0.1) is 0 Å². The Morgan fingerprint density at radius 1 is 1.43 bits per heavy atom. The van der Waals surface area contributed by atoms with Gasteiger partial charge in [-0.3, -0.25) is 9.67 Å². The maximum atomic E-state index is 6.10. The molecule has 0 unspecified atom stereocenters. The number of ether oxygens (including phenoxy) is 1. The van der Waals surface area contributed by atoms with Crippen molar-refractivity contribution < 1.29 is 4.74 Å². The van der Waals surface area contributed by atoms with E-state index in [4.69, 9.17) is 16.3 Å². The number of nitrogens with zero attached hydrogens (tertiary/aromatic N) is 3. The fraction of sp³-hybridized carbons (Fsp3) is 0.467. The molecule has 2 atom stereocenters. The van der Waals surface area contributed by atoms with Crippen molar-refractivity contribution in [1.82, 2.24) is 14.8 Å². The zero-order valence-corrected chi connectivity index (χ0v) is 13.0. The van der Waals surface area contributed by atoms with Crippen LogP contribution >= 0.6 is 11.6 Å². The summed E-state index contributed by atoms with van der Waals surface area (Å²) in [6, 6.07) is 0. The molecule has 1 N–H and O–H groups in total. The maximum Gasteiger partial charge on any atom is 0.0901 e. The Labute approximate surface area is 129 Å². The van der Waals surface area contributed by atoms with Crippen molar-refractivity contribution in [3.05, 3.63) is 40.9 Å². The molecule has 2 aromatic rings. The normalized spacial score (nSPS) is 21.7. The number of aryl methyl sites for hydroxylation is 1. The SMILES string of the molecule is Cc1c(Cl)cncc1NC[C@H]1CCO[C@@H]1c1cnn(C)c1. The summed E-state index contributed by atoms with van der Waals surface area (Å²) in [7, 11) is 1.92. The highest BCUT2D eigenvalue weighted by Crippen LogP contribution is 2.34. The zero-order chi connectivity index (χ0) is 14.8. The second kappa shape index (κ2) is 6.03. The van der Waals surface area contributed by atoms with Gasteiger partial charge in [-0.2, -0.15) is 5.10 Å². The molecule has 0 aromatic carbocycles. The molecule has 1 aliphatic heterocycles. The summed E-state index contributed by atoms with van der Waals surface area (Å²) in [5.74, 6) is 0.424. The molecule has 21 heavy (non-hydrogen) atoms. The molecule has 3 heterocycles. The molecule has 1 fully saturated rings. The molecule has 0 amide bonds. The van der Waals surface area contributed by atoms with Crippen molar-refractivity contribution in [3.63, 3.8) is 0 Å². The summed E-state index contributed by atoms with van der Waals surface area (Å²) in [5, 5.41) is 8.36. The van der Waals surface area contributed by atoms with Crippen LogP contribution in [0.15, 0.2) is 24.8 Å². The Bertz CT molecular complexity index is 628. The minimum Gasteiger partial charge on any atom is -0.383 e. The van der Waals surface area contributed by atoms with Crippen LogP contribution in [0.2, 0.25) is 5.02 Å². The van der Waals surface area contributed by atoms with Crippen molar-refractivity contribution in [2.24, 2.45) is 13.0 Å². The lowest BCUT2D eigenvalue weighted by Crippen LogP contribution is -2.18. The van der Waals surface area contributed by atoms with Crippen LogP contribution in [0.25, 0.3) is 0 Å². The third-order valence-corrected chi connectivity index (χ3v) is 4.36. The minimum absolute atomic E-state index is 0.110. The third-order valence-electron chi connectivity index (χ3n) is 3.98. The second-order valence-electron chi connectivity index (χ2n) is 5.46. The van der Waals surface area contributed by atoms with E-state index in [1.165, 1.54) is 0 Å². The number of nitrogens with one attached hydrogen (secondary N) is 1. The molecular weight excluding hydrogens is 288 g/mol. The molecule has 5 nitrogen and oxygen atoms in total. The van der Waals surface area contributed by atoms with Crippen molar-refractivity contribution in [1.29, 1.82) is 0 Å². The van der Waals surface area contributed by atoms with E-state index in [0.717, 1.165) is 36.4 Å². The first-order valence-corrected chi connectivity index (χ1v) is 7.47. The number of aromatic nitrogens is 3. The molecule has 0 spiro atoms. The molecule has 0 saturated carbocycles. The predicted octanol–water partition coefficient (Wildman–Crippen LogP) is 2.97. The lowest BCUT2D eigenvalue weighted by Gasteiger charge is -2.19. The van der Waals surface area contributed by atoms with Crippen LogP contribution in [0.5, 0.6) is 0 Å². The fourth-order valence-electron chi connectivity index (χ4n) is 2.72. The smallest absolute Gasteiger partial charge is 0.0901 e.